The lowest BCUT2D eigenvalue weighted by Crippen LogP contribution is -2.62. The lowest BCUT2D eigenvalue weighted by molar-refractivity contribution is 0.00421. The van der Waals surface area contributed by atoms with Crippen molar-refractivity contribution in [1.29, 1.82) is 0 Å². The van der Waals surface area contributed by atoms with Gasteiger partial charge in [0, 0.05) is 25.2 Å². The molecule has 0 radical (unpaired) electrons. The third-order valence-corrected chi connectivity index (χ3v) is 3.23. The van der Waals surface area contributed by atoms with E-state index in [0.717, 1.165) is 19.0 Å². The van der Waals surface area contributed by atoms with E-state index in [4.69, 9.17) is 4.74 Å². The molecule has 1 aliphatic rings. The van der Waals surface area contributed by atoms with Gasteiger partial charge in [-0.15, -0.1) is 0 Å². The Kier molecular flexibility index (Phi) is 5.65. The predicted octanol–water partition coefficient (Wildman–Crippen LogP) is 3.02. The van der Waals surface area contributed by atoms with Crippen LogP contribution in [0.3, 0.4) is 0 Å². The van der Waals surface area contributed by atoms with Gasteiger partial charge in [0.15, 0.2) is 0 Å². The van der Waals surface area contributed by atoms with E-state index in [2.05, 4.69) is 26.1 Å². The maximum Gasteiger partial charge on any atom is 0.410 e. The molecule has 0 saturated carbocycles. The first-order valence-corrected chi connectivity index (χ1v) is 7.41. The molecule has 4 heteroatoms. The summed E-state index contributed by atoms with van der Waals surface area (Å²) in [5.74, 6) is 0.754. The molecule has 4 nitrogen and oxygen atoms in total. The molecule has 1 atom stereocenters. The molecule has 1 saturated heterocycles. The van der Waals surface area contributed by atoms with Crippen LogP contribution in [-0.4, -0.2) is 41.8 Å². The number of carbonyl (C=O) groups excluding carboxylic acids is 1. The monoisotopic (exact) mass is 270 g/mol. The number of carbonyl (C=O) groups is 1. The molecule has 112 valence electrons. The van der Waals surface area contributed by atoms with Gasteiger partial charge in [-0.25, -0.2) is 4.79 Å². The first-order chi connectivity index (χ1) is 8.67. The minimum Gasteiger partial charge on any atom is -0.444 e. The standard InChI is InChI=1S/C15H30N2O2/c1-11(2)7-8-12(3)16-13-9-17(10-13)14(18)19-15(4,5)6/h11-13,16H,7-10H2,1-6H3. The molecule has 0 aromatic carbocycles. The van der Waals surface area contributed by atoms with Gasteiger partial charge in [-0.3, -0.25) is 0 Å². The van der Waals surface area contributed by atoms with E-state index >= 15 is 0 Å². The molecule has 1 aliphatic heterocycles. The molecule has 1 amide bonds. The molecule has 1 N–H and O–H groups in total. The number of amides is 1. The van der Waals surface area contributed by atoms with Gasteiger partial charge in [0.2, 0.25) is 0 Å². The van der Waals surface area contributed by atoms with Crippen LogP contribution in [0, 0.1) is 5.92 Å². The summed E-state index contributed by atoms with van der Waals surface area (Å²) >= 11 is 0. The number of likely N-dealkylation sites (tertiary alicyclic amines) is 1. The first-order valence-electron chi connectivity index (χ1n) is 7.41. The Morgan fingerprint density at radius 3 is 2.32 bits per heavy atom. The fourth-order valence-electron chi connectivity index (χ4n) is 2.13. The molecular formula is C15H30N2O2. The second-order valence-corrected chi connectivity index (χ2v) is 7.12. The van der Waals surface area contributed by atoms with Crippen LogP contribution in [0.15, 0.2) is 0 Å². The molecule has 1 fully saturated rings. The third kappa shape index (κ3) is 6.28. The first kappa shape index (κ1) is 16.3. The second-order valence-electron chi connectivity index (χ2n) is 7.12. The lowest BCUT2D eigenvalue weighted by atomic mass is 10.0. The zero-order valence-corrected chi connectivity index (χ0v) is 13.3. The van der Waals surface area contributed by atoms with E-state index in [1.807, 2.05) is 20.8 Å². The number of ether oxygens (including phenoxy) is 1. The van der Waals surface area contributed by atoms with Crippen molar-refractivity contribution in [2.75, 3.05) is 13.1 Å². The zero-order valence-electron chi connectivity index (χ0n) is 13.3. The second kappa shape index (κ2) is 6.60. The summed E-state index contributed by atoms with van der Waals surface area (Å²) < 4.78 is 5.33. The Bertz CT molecular complexity index is 291. The lowest BCUT2D eigenvalue weighted by Gasteiger charge is -2.41. The van der Waals surface area contributed by atoms with Gasteiger partial charge in [-0.05, 0) is 46.5 Å². The van der Waals surface area contributed by atoms with E-state index in [1.165, 1.54) is 12.8 Å². The largest absolute Gasteiger partial charge is 0.444 e. The minimum absolute atomic E-state index is 0.194. The van der Waals surface area contributed by atoms with Crippen LogP contribution < -0.4 is 5.32 Å². The highest BCUT2D eigenvalue weighted by Gasteiger charge is 2.33. The van der Waals surface area contributed by atoms with Crippen molar-refractivity contribution in [3.8, 4) is 0 Å². The quantitative estimate of drug-likeness (QED) is 0.835. The van der Waals surface area contributed by atoms with Crippen molar-refractivity contribution in [3.63, 3.8) is 0 Å². The maximum atomic E-state index is 11.8. The van der Waals surface area contributed by atoms with Crippen LogP contribution in [0.1, 0.15) is 54.4 Å². The van der Waals surface area contributed by atoms with Crippen molar-refractivity contribution >= 4 is 6.09 Å². The molecule has 19 heavy (non-hydrogen) atoms. The van der Waals surface area contributed by atoms with Crippen molar-refractivity contribution in [3.05, 3.63) is 0 Å². The fourth-order valence-corrected chi connectivity index (χ4v) is 2.13. The summed E-state index contributed by atoms with van der Waals surface area (Å²) in [6, 6.07) is 0.947. The summed E-state index contributed by atoms with van der Waals surface area (Å²) in [6.45, 7) is 13.9. The van der Waals surface area contributed by atoms with Crippen molar-refractivity contribution in [2.24, 2.45) is 5.92 Å². The Labute approximate surface area is 117 Å². The number of hydrogen-bond acceptors (Lipinski definition) is 3. The molecule has 0 spiro atoms. The number of nitrogens with one attached hydrogen (secondary N) is 1. The van der Waals surface area contributed by atoms with Gasteiger partial charge in [0.1, 0.15) is 5.60 Å². The van der Waals surface area contributed by atoms with Gasteiger partial charge < -0.3 is 15.0 Å². The Morgan fingerprint density at radius 2 is 1.84 bits per heavy atom. The van der Waals surface area contributed by atoms with Crippen LogP contribution in [-0.2, 0) is 4.74 Å². The topological polar surface area (TPSA) is 41.6 Å². The fraction of sp³-hybridized carbons (Fsp3) is 0.933. The van der Waals surface area contributed by atoms with E-state index in [1.54, 1.807) is 4.90 Å². The van der Waals surface area contributed by atoms with Gasteiger partial charge in [0.05, 0.1) is 0 Å². The van der Waals surface area contributed by atoms with Gasteiger partial charge in [-0.1, -0.05) is 13.8 Å². The zero-order chi connectivity index (χ0) is 14.6. The molecule has 0 aromatic heterocycles. The Morgan fingerprint density at radius 1 is 1.26 bits per heavy atom. The molecular weight excluding hydrogens is 240 g/mol. The Hall–Kier alpha value is -0.770. The number of rotatable bonds is 5. The van der Waals surface area contributed by atoms with Crippen molar-refractivity contribution < 1.29 is 9.53 Å². The predicted molar refractivity (Wildman–Crippen MR) is 78.3 cm³/mol. The van der Waals surface area contributed by atoms with E-state index in [-0.39, 0.29) is 6.09 Å². The normalized spacial score (nSPS) is 18.4. The highest BCUT2D eigenvalue weighted by Crippen LogP contribution is 2.16. The van der Waals surface area contributed by atoms with E-state index < -0.39 is 5.60 Å². The molecule has 1 heterocycles. The van der Waals surface area contributed by atoms with Crippen LogP contribution in [0.5, 0.6) is 0 Å². The number of nitrogens with zero attached hydrogens (tertiary/aromatic N) is 1. The summed E-state index contributed by atoms with van der Waals surface area (Å²) in [5, 5.41) is 3.57. The third-order valence-electron chi connectivity index (χ3n) is 3.23. The Balaban J connectivity index is 2.18. The number of hydrogen-bond donors (Lipinski definition) is 1. The highest BCUT2D eigenvalue weighted by molar-refractivity contribution is 5.69. The van der Waals surface area contributed by atoms with Crippen molar-refractivity contribution in [2.45, 2.75) is 72.1 Å². The molecule has 1 rings (SSSR count). The van der Waals surface area contributed by atoms with Gasteiger partial charge >= 0.3 is 6.09 Å². The SMILES string of the molecule is CC(C)CCC(C)NC1CN(C(=O)OC(C)(C)C)C1. The highest BCUT2D eigenvalue weighted by atomic mass is 16.6. The summed E-state index contributed by atoms with van der Waals surface area (Å²) in [6.07, 6.45) is 2.25. The summed E-state index contributed by atoms with van der Waals surface area (Å²) in [5.41, 5.74) is -0.403. The average molecular weight is 270 g/mol. The summed E-state index contributed by atoms with van der Waals surface area (Å²) in [7, 11) is 0. The molecule has 0 aromatic rings. The average Bonchev–Trinajstić information content (AvgIpc) is 2.16. The van der Waals surface area contributed by atoms with Crippen LogP contribution >= 0.6 is 0 Å². The van der Waals surface area contributed by atoms with Crippen molar-refractivity contribution in [1.82, 2.24) is 10.2 Å². The van der Waals surface area contributed by atoms with Crippen LogP contribution in [0.25, 0.3) is 0 Å². The minimum atomic E-state index is -0.403. The van der Waals surface area contributed by atoms with E-state index in [9.17, 15) is 4.79 Å². The summed E-state index contributed by atoms with van der Waals surface area (Å²) in [4.78, 5) is 13.5. The van der Waals surface area contributed by atoms with Crippen LogP contribution in [0.2, 0.25) is 0 Å². The van der Waals surface area contributed by atoms with Crippen LogP contribution in [0.4, 0.5) is 4.79 Å². The smallest absolute Gasteiger partial charge is 0.410 e. The van der Waals surface area contributed by atoms with Gasteiger partial charge in [-0.2, -0.15) is 0 Å². The van der Waals surface area contributed by atoms with Gasteiger partial charge in [0.25, 0.3) is 0 Å². The maximum absolute atomic E-state index is 11.8. The molecule has 0 bridgehead atoms. The molecule has 1 unspecified atom stereocenters. The van der Waals surface area contributed by atoms with E-state index in [0.29, 0.717) is 12.1 Å². The molecule has 0 aliphatic carbocycles.